The van der Waals surface area contributed by atoms with Crippen LogP contribution in [0.3, 0.4) is 0 Å². The van der Waals surface area contributed by atoms with Crippen LogP contribution in [-0.4, -0.2) is 15.0 Å². The normalized spacial score (nSPS) is 12.0. The highest BCUT2D eigenvalue weighted by Crippen LogP contribution is 2.17. The Morgan fingerprint density at radius 2 is 1.89 bits per heavy atom. The van der Waals surface area contributed by atoms with Crippen LogP contribution in [0.4, 0.5) is 5.69 Å². The predicted molar refractivity (Wildman–Crippen MR) is 74.9 cm³/mol. The van der Waals surface area contributed by atoms with E-state index < -0.39 is 10.0 Å². The van der Waals surface area contributed by atoms with Crippen molar-refractivity contribution < 1.29 is 8.42 Å². The van der Waals surface area contributed by atoms with Gasteiger partial charge in [0.25, 0.3) is 0 Å². The number of sulfonamides is 1. The van der Waals surface area contributed by atoms with Gasteiger partial charge in [0.15, 0.2) is 0 Å². The van der Waals surface area contributed by atoms with Crippen molar-refractivity contribution >= 4 is 15.7 Å². The van der Waals surface area contributed by atoms with E-state index in [9.17, 15) is 8.42 Å². The number of benzene rings is 1. The number of hydrogen-bond donors (Lipinski definition) is 2. The molecule has 1 aromatic carbocycles. The van der Waals surface area contributed by atoms with Crippen LogP contribution in [0.15, 0.2) is 23.1 Å². The summed E-state index contributed by atoms with van der Waals surface area (Å²) in [5, 5.41) is 0. The van der Waals surface area contributed by atoms with E-state index in [1.54, 1.807) is 19.1 Å². The highest BCUT2D eigenvalue weighted by Gasteiger charge is 2.16. The minimum absolute atomic E-state index is 0.278. The molecular formula is C13H22N2O2S. The van der Waals surface area contributed by atoms with Crippen molar-refractivity contribution in [1.29, 1.82) is 0 Å². The molecule has 0 atom stereocenters. The monoisotopic (exact) mass is 270 g/mol. The lowest BCUT2D eigenvalue weighted by Crippen LogP contribution is -2.29. The first-order valence-electron chi connectivity index (χ1n) is 6.26. The molecule has 0 aromatic heterocycles. The summed E-state index contributed by atoms with van der Waals surface area (Å²) in [5.74, 6) is 0.384. The molecule has 18 heavy (non-hydrogen) atoms. The van der Waals surface area contributed by atoms with Gasteiger partial charge in [0.05, 0.1) is 4.90 Å². The van der Waals surface area contributed by atoms with E-state index in [4.69, 9.17) is 5.73 Å². The average Bonchev–Trinajstić information content (AvgIpc) is 2.33. The van der Waals surface area contributed by atoms with Gasteiger partial charge in [-0.2, -0.15) is 0 Å². The molecule has 0 unspecified atom stereocenters. The van der Waals surface area contributed by atoms with Crippen molar-refractivity contribution in [3.8, 4) is 0 Å². The molecule has 0 radical (unpaired) electrons. The van der Waals surface area contributed by atoms with E-state index >= 15 is 0 Å². The van der Waals surface area contributed by atoms with Gasteiger partial charge in [-0.25, -0.2) is 13.1 Å². The molecule has 0 aliphatic heterocycles. The van der Waals surface area contributed by atoms with Crippen LogP contribution in [0.2, 0.25) is 0 Å². The van der Waals surface area contributed by atoms with E-state index in [1.165, 1.54) is 6.07 Å². The van der Waals surface area contributed by atoms with Crippen molar-refractivity contribution in [1.82, 2.24) is 4.72 Å². The number of hydrogen-bond acceptors (Lipinski definition) is 3. The lowest BCUT2D eigenvalue weighted by Gasteiger charge is -2.14. The van der Waals surface area contributed by atoms with Crippen LogP contribution >= 0.6 is 0 Å². The van der Waals surface area contributed by atoms with Gasteiger partial charge in [-0.1, -0.05) is 26.7 Å². The van der Waals surface area contributed by atoms with E-state index in [0.717, 1.165) is 18.4 Å². The summed E-state index contributed by atoms with van der Waals surface area (Å²) in [5.41, 5.74) is 7.07. The third kappa shape index (κ3) is 3.71. The Kier molecular flexibility index (Phi) is 5.16. The number of nitrogen functional groups attached to an aromatic ring is 1. The molecular weight excluding hydrogens is 248 g/mol. The van der Waals surface area contributed by atoms with Gasteiger partial charge in [0.1, 0.15) is 0 Å². The number of nitrogens with two attached hydrogens (primary N) is 1. The quantitative estimate of drug-likeness (QED) is 0.779. The lowest BCUT2D eigenvalue weighted by atomic mass is 10.0. The van der Waals surface area contributed by atoms with Crippen LogP contribution in [0.1, 0.15) is 32.3 Å². The van der Waals surface area contributed by atoms with Crippen LogP contribution in [-0.2, 0) is 10.0 Å². The van der Waals surface area contributed by atoms with Gasteiger partial charge in [-0.15, -0.1) is 0 Å². The van der Waals surface area contributed by atoms with E-state index in [1.807, 2.05) is 0 Å². The molecule has 0 saturated carbocycles. The molecule has 0 heterocycles. The van der Waals surface area contributed by atoms with Gasteiger partial charge in [-0.3, -0.25) is 0 Å². The molecule has 0 amide bonds. The third-order valence-electron chi connectivity index (χ3n) is 3.27. The minimum atomic E-state index is -3.42. The maximum Gasteiger partial charge on any atom is 0.240 e. The molecule has 0 bridgehead atoms. The van der Waals surface area contributed by atoms with Crippen LogP contribution < -0.4 is 10.5 Å². The molecule has 0 aliphatic carbocycles. The van der Waals surface area contributed by atoms with Crippen molar-refractivity contribution in [3.05, 3.63) is 23.8 Å². The zero-order chi connectivity index (χ0) is 13.8. The third-order valence-corrected chi connectivity index (χ3v) is 4.69. The average molecular weight is 270 g/mol. The van der Waals surface area contributed by atoms with Crippen molar-refractivity contribution in [2.24, 2.45) is 5.92 Å². The lowest BCUT2D eigenvalue weighted by molar-refractivity contribution is 0.479. The Labute approximate surface area is 110 Å². The van der Waals surface area contributed by atoms with Crippen molar-refractivity contribution in [2.45, 2.75) is 38.5 Å². The topological polar surface area (TPSA) is 72.2 Å². The molecule has 0 saturated heterocycles. The number of anilines is 1. The first kappa shape index (κ1) is 15.0. The zero-order valence-electron chi connectivity index (χ0n) is 11.2. The molecule has 1 rings (SSSR count). The highest BCUT2D eigenvalue weighted by atomic mass is 32.2. The summed E-state index contributed by atoms with van der Waals surface area (Å²) in [6.45, 7) is 6.42. The largest absolute Gasteiger partial charge is 0.399 e. The molecule has 102 valence electrons. The fourth-order valence-electron chi connectivity index (χ4n) is 1.70. The first-order valence-corrected chi connectivity index (χ1v) is 7.74. The van der Waals surface area contributed by atoms with Crippen LogP contribution in [0, 0.1) is 12.8 Å². The first-order chi connectivity index (χ1) is 8.40. The van der Waals surface area contributed by atoms with E-state index in [-0.39, 0.29) is 4.90 Å². The maximum absolute atomic E-state index is 12.1. The van der Waals surface area contributed by atoms with Crippen molar-refractivity contribution in [2.75, 3.05) is 12.3 Å². The summed E-state index contributed by atoms with van der Waals surface area (Å²) in [7, 11) is -3.42. The Bertz CT molecular complexity index is 494. The minimum Gasteiger partial charge on any atom is -0.399 e. The zero-order valence-corrected chi connectivity index (χ0v) is 12.0. The molecule has 5 heteroatoms. The Hall–Kier alpha value is -1.07. The van der Waals surface area contributed by atoms with E-state index in [0.29, 0.717) is 18.2 Å². The second kappa shape index (κ2) is 6.20. The predicted octanol–water partition coefficient (Wildman–Crippen LogP) is 2.29. The Morgan fingerprint density at radius 3 is 2.39 bits per heavy atom. The molecule has 0 aliphatic rings. The van der Waals surface area contributed by atoms with Gasteiger partial charge in [-0.05, 0) is 36.6 Å². The van der Waals surface area contributed by atoms with Gasteiger partial charge in [0, 0.05) is 12.2 Å². The van der Waals surface area contributed by atoms with Gasteiger partial charge < -0.3 is 5.73 Å². The van der Waals surface area contributed by atoms with Crippen LogP contribution in [0.25, 0.3) is 0 Å². The van der Waals surface area contributed by atoms with Gasteiger partial charge in [0.2, 0.25) is 10.0 Å². The molecule has 0 fully saturated rings. The summed E-state index contributed by atoms with van der Waals surface area (Å²) in [6, 6.07) is 4.77. The van der Waals surface area contributed by atoms with Crippen LogP contribution in [0.5, 0.6) is 0 Å². The Morgan fingerprint density at radius 1 is 1.28 bits per heavy atom. The smallest absolute Gasteiger partial charge is 0.240 e. The second-order valence-electron chi connectivity index (χ2n) is 4.55. The second-order valence-corrected chi connectivity index (χ2v) is 6.32. The summed E-state index contributed by atoms with van der Waals surface area (Å²) < 4.78 is 26.8. The van der Waals surface area contributed by atoms with Gasteiger partial charge >= 0.3 is 0 Å². The number of nitrogens with one attached hydrogen (secondary N) is 1. The summed E-state index contributed by atoms with van der Waals surface area (Å²) >= 11 is 0. The molecule has 3 N–H and O–H groups in total. The fourth-order valence-corrected chi connectivity index (χ4v) is 2.90. The number of rotatable bonds is 6. The summed E-state index contributed by atoms with van der Waals surface area (Å²) in [4.78, 5) is 0.278. The maximum atomic E-state index is 12.1. The fraction of sp³-hybridized carbons (Fsp3) is 0.538. The van der Waals surface area contributed by atoms with E-state index in [2.05, 4.69) is 18.6 Å². The highest BCUT2D eigenvalue weighted by molar-refractivity contribution is 7.89. The number of aryl methyl sites for hydroxylation is 1. The van der Waals surface area contributed by atoms with Crippen molar-refractivity contribution in [3.63, 3.8) is 0 Å². The molecule has 0 spiro atoms. The Balaban J connectivity index is 2.83. The molecule has 4 nitrogen and oxygen atoms in total. The SMILES string of the molecule is CCC(CC)CNS(=O)(=O)c1ccc(N)c(C)c1. The standard InChI is InChI=1S/C13H22N2O2S/c1-4-11(5-2)9-15-18(16,17)12-6-7-13(14)10(3)8-12/h6-8,11,15H,4-5,9,14H2,1-3H3. The summed E-state index contributed by atoms with van der Waals surface area (Å²) in [6.07, 6.45) is 1.94. The molecule has 1 aromatic rings.